The van der Waals surface area contributed by atoms with Crippen LogP contribution in [-0.4, -0.2) is 48.2 Å². The van der Waals surface area contributed by atoms with E-state index in [2.05, 4.69) is 10.6 Å². The molecular weight excluding hydrogens is 306 g/mol. The summed E-state index contributed by atoms with van der Waals surface area (Å²) < 4.78 is 5.89. The van der Waals surface area contributed by atoms with E-state index in [1.807, 2.05) is 44.2 Å². The van der Waals surface area contributed by atoms with Crippen molar-refractivity contribution in [2.24, 2.45) is 5.92 Å². The minimum absolute atomic E-state index is 0.0115. The maximum Gasteiger partial charge on any atom is 0.317 e. The Labute approximate surface area is 142 Å². The smallest absolute Gasteiger partial charge is 0.317 e. The molecule has 1 aromatic carbocycles. The summed E-state index contributed by atoms with van der Waals surface area (Å²) in [6.07, 6.45) is 0.420. The monoisotopic (exact) mass is 331 g/mol. The third-order valence-electron chi connectivity index (χ3n) is 4.50. The van der Waals surface area contributed by atoms with Gasteiger partial charge < -0.3 is 20.3 Å². The van der Waals surface area contributed by atoms with Gasteiger partial charge in [0.2, 0.25) is 5.91 Å². The maximum absolute atomic E-state index is 12.5. The lowest BCUT2D eigenvalue weighted by Gasteiger charge is -2.33. The summed E-state index contributed by atoms with van der Waals surface area (Å²) in [5.41, 5.74) is 1.07. The minimum atomic E-state index is -0.211. The van der Waals surface area contributed by atoms with Gasteiger partial charge in [-0.1, -0.05) is 30.3 Å². The SMILES string of the molecule is CC(C)NC(=O)N1C[C@@H]2C[C@@H](C(=O)NCc3ccccc3)[C@H](C1)O2. The van der Waals surface area contributed by atoms with Crippen molar-refractivity contribution >= 4 is 11.9 Å². The van der Waals surface area contributed by atoms with E-state index in [9.17, 15) is 9.59 Å². The van der Waals surface area contributed by atoms with Crippen molar-refractivity contribution in [3.63, 3.8) is 0 Å². The quantitative estimate of drug-likeness (QED) is 0.878. The Morgan fingerprint density at radius 2 is 2.00 bits per heavy atom. The van der Waals surface area contributed by atoms with Crippen molar-refractivity contribution in [3.8, 4) is 0 Å². The van der Waals surface area contributed by atoms with Crippen LogP contribution in [0.2, 0.25) is 0 Å². The van der Waals surface area contributed by atoms with E-state index in [4.69, 9.17) is 4.74 Å². The van der Waals surface area contributed by atoms with Gasteiger partial charge in [-0.3, -0.25) is 4.79 Å². The molecule has 2 aliphatic heterocycles. The van der Waals surface area contributed by atoms with Crippen LogP contribution in [0.15, 0.2) is 30.3 Å². The summed E-state index contributed by atoms with van der Waals surface area (Å²) in [6, 6.07) is 9.87. The van der Waals surface area contributed by atoms with Gasteiger partial charge in [-0.2, -0.15) is 0 Å². The van der Waals surface area contributed by atoms with E-state index >= 15 is 0 Å². The zero-order valence-electron chi connectivity index (χ0n) is 14.2. The Morgan fingerprint density at radius 3 is 2.71 bits per heavy atom. The van der Waals surface area contributed by atoms with Crippen LogP contribution < -0.4 is 10.6 Å². The van der Waals surface area contributed by atoms with E-state index in [0.29, 0.717) is 26.1 Å². The first kappa shape index (κ1) is 16.8. The molecule has 130 valence electrons. The van der Waals surface area contributed by atoms with Gasteiger partial charge in [0.25, 0.3) is 0 Å². The predicted molar refractivity (Wildman–Crippen MR) is 90.3 cm³/mol. The first-order valence-corrected chi connectivity index (χ1v) is 8.55. The van der Waals surface area contributed by atoms with Crippen LogP contribution in [0.3, 0.4) is 0 Å². The van der Waals surface area contributed by atoms with E-state index in [0.717, 1.165) is 5.56 Å². The molecule has 6 heteroatoms. The number of fused-ring (bicyclic) bond motifs is 2. The summed E-state index contributed by atoms with van der Waals surface area (Å²) in [5.74, 6) is -0.173. The van der Waals surface area contributed by atoms with Gasteiger partial charge in [-0.05, 0) is 25.8 Å². The number of rotatable bonds is 4. The fourth-order valence-electron chi connectivity index (χ4n) is 3.35. The molecule has 2 saturated heterocycles. The molecule has 0 radical (unpaired) electrons. The molecule has 2 bridgehead atoms. The fourth-order valence-corrected chi connectivity index (χ4v) is 3.35. The molecule has 2 fully saturated rings. The molecule has 2 N–H and O–H groups in total. The summed E-state index contributed by atoms with van der Waals surface area (Å²) >= 11 is 0. The van der Waals surface area contributed by atoms with E-state index in [1.54, 1.807) is 4.90 Å². The van der Waals surface area contributed by atoms with Crippen LogP contribution in [0.4, 0.5) is 4.79 Å². The van der Waals surface area contributed by atoms with E-state index in [1.165, 1.54) is 0 Å². The number of hydrogen-bond donors (Lipinski definition) is 2. The number of nitrogens with zero attached hydrogens (tertiary/aromatic N) is 1. The lowest BCUT2D eigenvalue weighted by Crippen LogP contribution is -2.52. The normalized spacial score (nSPS) is 25.6. The van der Waals surface area contributed by atoms with Gasteiger partial charge in [0.15, 0.2) is 0 Å². The Morgan fingerprint density at radius 1 is 1.25 bits per heavy atom. The first-order valence-electron chi connectivity index (χ1n) is 8.55. The Bertz CT molecular complexity index is 590. The number of benzene rings is 1. The summed E-state index contributed by atoms with van der Waals surface area (Å²) in [7, 11) is 0. The van der Waals surface area contributed by atoms with Crippen molar-refractivity contribution in [1.82, 2.24) is 15.5 Å². The van der Waals surface area contributed by atoms with Crippen LogP contribution in [-0.2, 0) is 16.1 Å². The van der Waals surface area contributed by atoms with Gasteiger partial charge in [-0.25, -0.2) is 4.79 Å². The number of carbonyl (C=O) groups excluding carboxylic acids is 2. The van der Waals surface area contributed by atoms with Gasteiger partial charge >= 0.3 is 6.03 Å². The number of urea groups is 1. The van der Waals surface area contributed by atoms with Crippen LogP contribution in [0.25, 0.3) is 0 Å². The highest BCUT2D eigenvalue weighted by Crippen LogP contribution is 2.32. The van der Waals surface area contributed by atoms with Gasteiger partial charge in [0.1, 0.15) is 0 Å². The highest BCUT2D eigenvalue weighted by atomic mass is 16.5. The molecule has 6 nitrogen and oxygen atoms in total. The van der Waals surface area contributed by atoms with Crippen LogP contribution in [0.1, 0.15) is 25.8 Å². The third-order valence-corrected chi connectivity index (χ3v) is 4.50. The third kappa shape index (κ3) is 3.87. The molecule has 3 amide bonds. The second-order valence-electron chi connectivity index (χ2n) is 6.85. The highest BCUT2D eigenvalue weighted by Gasteiger charge is 2.45. The Kier molecular flexibility index (Phi) is 5.04. The van der Waals surface area contributed by atoms with Gasteiger partial charge in [-0.15, -0.1) is 0 Å². The number of likely N-dealkylation sites (tertiary alicyclic amines) is 1. The number of hydrogen-bond acceptors (Lipinski definition) is 3. The standard InChI is InChI=1S/C18H25N3O3/c1-12(2)20-18(23)21-10-14-8-15(16(11-21)24-14)17(22)19-9-13-6-4-3-5-7-13/h3-7,12,14-16H,8-11H2,1-2H3,(H,19,22)(H,20,23)/t14-,15+,16-/m0/s1. The van der Waals surface area contributed by atoms with Crippen molar-refractivity contribution in [2.45, 2.75) is 45.1 Å². The second kappa shape index (κ2) is 7.21. The average molecular weight is 331 g/mol. The fraction of sp³-hybridized carbons (Fsp3) is 0.556. The average Bonchev–Trinajstić information content (AvgIpc) is 2.87. The Hall–Kier alpha value is -2.08. The predicted octanol–water partition coefficient (Wildman–Crippen LogP) is 1.51. The number of amides is 3. The molecule has 3 atom stereocenters. The van der Waals surface area contributed by atoms with Crippen LogP contribution >= 0.6 is 0 Å². The maximum atomic E-state index is 12.5. The van der Waals surface area contributed by atoms with Gasteiger partial charge in [0, 0.05) is 25.7 Å². The topological polar surface area (TPSA) is 70.7 Å². The lowest BCUT2D eigenvalue weighted by atomic mass is 9.99. The van der Waals surface area contributed by atoms with Crippen molar-refractivity contribution < 1.29 is 14.3 Å². The first-order chi connectivity index (χ1) is 11.5. The zero-order chi connectivity index (χ0) is 17.1. The molecule has 0 unspecified atom stereocenters. The second-order valence-corrected chi connectivity index (χ2v) is 6.85. The van der Waals surface area contributed by atoms with Crippen molar-refractivity contribution in [3.05, 3.63) is 35.9 Å². The molecule has 2 heterocycles. The molecule has 1 aromatic rings. The molecule has 0 spiro atoms. The highest BCUT2D eigenvalue weighted by molar-refractivity contribution is 5.80. The van der Waals surface area contributed by atoms with Crippen LogP contribution in [0.5, 0.6) is 0 Å². The summed E-state index contributed by atoms with van der Waals surface area (Å²) in [6.45, 7) is 5.42. The van der Waals surface area contributed by atoms with Crippen molar-refractivity contribution in [1.29, 1.82) is 0 Å². The number of carbonyl (C=O) groups is 2. The van der Waals surface area contributed by atoms with E-state index in [-0.39, 0.29) is 36.1 Å². The summed E-state index contributed by atoms with van der Waals surface area (Å²) in [5, 5.41) is 5.89. The molecule has 0 aromatic heterocycles. The molecule has 0 saturated carbocycles. The van der Waals surface area contributed by atoms with Crippen molar-refractivity contribution in [2.75, 3.05) is 13.1 Å². The molecule has 0 aliphatic carbocycles. The zero-order valence-corrected chi connectivity index (χ0v) is 14.2. The number of morpholine rings is 1. The largest absolute Gasteiger partial charge is 0.370 e. The van der Waals surface area contributed by atoms with Crippen LogP contribution in [0, 0.1) is 5.92 Å². The Balaban J connectivity index is 1.55. The summed E-state index contributed by atoms with van der Waals surface area (Å²) in [4.78, 5) is 26.4. The molecule has 24 heavy (non-hydrogen) atoms. The molecule has 3 rings (SSSR count). The molecule has 2 aliphatic rings. The lowest BCUT2D eigenvalue weighted by molar-refractivity contribution is -0.127. The minimum Gasteiger partial charge on any atom is -0.370 e. The van der Waals surface area contributed by atoms with E-state index < -0.39 is 0 Å². The molecular formula is C18H25N3O3. The number of nitrogens with one attached hydrogen (secondary N) is 2. The number of ether oxygens (including phenoxy) is 1. The van der Waals surface area contributed by atoms with Gasteiger partial charge in [0.05, 0.1) is 18.1 Å².